The van der Waals surface area contributed by atoms with Gasteiger partial charge in [0.1, 0.15) is 6.26 Å². The first-order valence-electron chi connectivity index (χ1n) is 6.23. The average Bonchev–Trinajstić information content (AvgIpc) is 2.41. The average molecular weight is 233 g/mol. The monoisotopic (exact) mass is 233 g/mol. The molecule has 0 amide bonds. The SMILES string of the molecule is C(=C\OC1CCCCC1)/NOc1ccccc1. The highest BCUT2D eigenvalue weighted by Crippen LogP contribution is 2.20. The van der Waals surface area contributed by atoms with Gasteiger partial charge >= 0.3 is 0 Å². The molecule has 1 N–H and O–H groups in total. The highest BCUT2D eigenvalue weighted by molar-refractivity contribution is 5.20. The molecule has 0 unspecified atom stereocenters. The van der Waals surface area contributed by atoms with Gasteiger partial charge in [-0.25, -0.2) is 5.48 Å². The van der Waals surface area contributed by atoms with Crippen molar-refractivity contribution in [1.82, 2.24) is 5.48 Å². The third-order valence-electron chi connectivity index (χ3n) is 2.88. The van der Waals surface area contributed by atoms with Crippen molar-refractivity contribution in [2.45, 2.75) is 38.2 Å². The van der Waals surface area contributed by atoms with Crippen LogP contribution in [0.1, 0.15) is 32.1 Å². The summed E-state index contributed by atoms with van der Waals surface area (Å²) in [6, 6.07) is 9.60. The van der Waals surface area contributed by atoms with Crippen LogP contribution in [0.25, 0.3) is 0 Å². The molecule has 1 fully saturated rings. The Bertz CT molecular complexity index is 331. The Morgan fingerprint density at radius 2 is 1.82 bits per heavy atom. The highest BCUT2D eigenvalue weighted by atomic mass is 16.6. The molecule has 0 heterocycles. The fourth-order valence-electron chi connectivity index (χ4n) is 1.97. The molecule has 17 heavy (non-hydrogen) atoms. The smallest absolute Gasteiger partial charge is 0.155 e. The summed E-state index contributed by atoms with van der Waals surface area (Å²) in [5.41, 5.74) is 2.74. The number of ether oxygens (including phenoxy) is 1. The fraction of sp³-hybridized carbons (Fsp3) is 0.429. The second-order valence-corrected chi connectivity index (χ2v) is 4.23. The fourth-order valence-corrected chi connectivity index (χ4v) is 1.97. The molecule has 0 aromatic heterocycles. The van der Waals surface area contributed by atoms with Gasteiger partial charge in [0.05, 0.1) is 12.3 Å². The van der Waals surface area contributed by atoms with Crippen LogP contribution in [0.15, 0.2) is 42.8 Å². The first-order chi connectivity index (χ1) is 8.45. The van der Waals surface area contributed by atoms with Crippen molar-refractivity contribution in [3.05, 3.63) is 42.8 Å². The molecule has 0 radical (unpaired) electrons. The molecule has 1 saturated carbocycles. The van der Waals surface area contributed by atoms with E-state index in [2.05, 4.69) is 5.48 Å². The van der Waals surface area contributed by atoms with Gasteiger partial charge < -0.3 is 9.57 Å². The Hall–Kier alpha value is -1.64. The van der Waals surface area contributed by atoms with Gasteiger partial charge in [-0.3, -0.25) is 0 Å². The first kappa shape index (κ1) is 11.8. The summed E-state index contributed by atoms with van der Waals surface area (Å²) in [5, 5.41) is 0. The minimum absolute atomic E-state index is 0.388. The van der Waals surface area contributed by atoms with Crippen molar-refractivity contribution in [2.24, 2.45) is 0 Å². The maximum atomic E-state index is 5.60. The van der Waals surface area contributed by atoms with E-state index in [1.165, 1.54) is 32.1 Å². The van der Waals surface area contributed by atoms with Crippen molar-refractivity contribution in [2.75, 3.05) is 0 Å². The van der Waals surface area contributed by atoms with E-state index in [0.29, 0.717) is 6.10 Å². The lowest BCUT2D eigenvalue weighted by atomic mass is 9.98. The maximum Gasteiger partial charge on any atom is 0.155 e. The molecule has 2 rings (SSSR count). The third kappa shape index (κ3) is 4.39. The van der Waals surface area contributed by atoms with Crippen molar-refractivity contribution in [3.63, 3.8) is 0 Å². The van der Waals surface area contributed by atoms with Crippen LogP contribution in [-0.4, -0.2) is 6.10 Å². The van der Waals surface area contributed by atoms with Crippen LogP contribution in [0.3, 0.4) is 0 Å². The third-order valence-corrected chi connectivity index (χ3v) is 2.88. The Morgan fingerprint density at radius 1 is 1.06 bits per heavy atom. The summed E-state index contributed by atoms with van der Waals surface area (Å²) in [5.74, 6) is 0.787. The zero-order valence-electron chi connectivity index (χ0n) is 9.97. The zero-order chi connectivity index (χ0) is 11.8. The Morgan fingerprint density at radius 3 is 2.59 bits per heavy atom. The summed E-state index contributed by atoms with van der Waals surface area (Å²) < 4.78 is 5.60. The summed E-state index contributed by atoms with van der Waals surface area (Å²) >= 11 is 0. The van der Waals surface area contributed by atoms with Crippen LogP contribution in [-0.2, 0) is 4.74 Å². The Kier molecular flexibility index (Phi) is 4.76. The molecule has 92 valence electrons. The quantitative estimate of drug-likeness (QED) is 0.624. The van der Waals surface area contributed by atoms with E-state index >= 15 is 0 Å². The topological polar surface area (TPSA) is 30.5 Å². The molecular weight excluding hydrogens is 214 g/mol. The molecule has 3 heteroatoms. The summed E-state index contributed by atoms with van der Waals surface area (Å²) in [7, 11) is 0. The Labute approximate surface area is 102 Å². The number of rotatable bonds is 5. The number of nitrogens with one attached hydrogen (secondary N) is 1. The minimum Gasteiger partial charge on any atom is -0.496 e. The molecule has 0 atom stereocenters. The van der Waals surface area contributed by atoms with E-state index in [9.17, 15) is 0 Å². The Balaban J connectivity index is 1.61. The van der Waals surface area contributed by atoms with Gasteiger partial charge in [-0.1, -0.05) is 24.6 Å². The zero-order valence-corrected chi connectivity index (χ0v) is 9.97. The second-order valence-electron chi connectivity index (χ2n) is 4.23. The number of hydrogen-bond donors (Lipinski definition) is 1. The van der Waals surface area contributed by atoms with Crippen molar-refractivity contribution in [3.8, 4) is 5.75 Å². The molecule has 1 aromatic carbocycles. The number of benzene rings is 1. The van der Waals surface area contributed by atoms with E-state index in [-0.39, 0.29) is 0 Å². The van der Waals surface area contributed by atoms with Crippen LogP contribution in [0.2, 0.25) is 0 Å². The molecule has 0 saturated heterocycles. The summed E-state index contributed by atoms with van der Waals surface area (Å²) in [6.07, 6.45) is 10.0. The predicted molar refractivity (Wildman–Crippen MR) is 67.3 cm³/mol. The van der Waals surface area contributed by atoms with Crippen LogP contribution >= 0.6 is 0 Å². The first-order valence-corrected chi connectivity index (χ1v) is 6.23. The van der Waals surface area contributed by atoms with Gasteiger partial charge in [-0.05, 0) is 37.8 Å². The normalized spacial score (nSPS) is 16.9. The second kappa shape index (κ2) is 6.84. The van der Waals surface area contributed by atoms with Crippen molar-refractivity contribution in [1.29, 1.82) is 0 Å². The van der Waals surface area contributed by atoms with Gasteiger partial charge in [0.25, 0.3) is 0 Å². The number of hydrogen-bond acceptors (Lipinski definition) is 3. The standard InChI is InChI=1S/C14H19NO2/c1-3-7-13(8-4-1)16-12-11-15-17-14-9-5-2-6-10-14/h2,5-6,9-13,15H,1,3-4,7-8H2/b12-11+. The van der Waals surface area contributed by atoms with E-state index in [0.717, 1.165) is 5.75 Å². The largest absolute Gasteiger partial charge is 0.496 e. The lowest BCUT2D eigenvalue weighted by Gasteiger charge is -2.20. The lowest BCUT2D eigenvalue weighted by molar-refractivity contribution is 0.103. The van der Waals surface area contributed by atoms with Gasteiger partial charge in [0.2, 0.25) is 0 Å². The highest BCUT2D eigenvalue weighted by Gasteiger charge is 2.12. The van der Waals surface area contributed by atoms with E-state index < -0.39 is 0 Å². The van der Waals surface area contributed by atoms with E-state index in [1.54, 1.807) is 12.5 Å². The summed E-state index contributed by atoms with van der Waals surface area (Å²) in [4.78, 5) is 5.28. The van der Waals surface area contributed by atoms with Crippen LogP contribution in [0, 0.1) is 0 Å². The number of hydroxylamine groups is 1. The lowest BCUT2D eigenvalue weighted by Crippen LogP contribution is -2.15. The van der Waals surface area contributed by atoms with E-state index in [4.69, 9.17) is 9.57 Å². The summed E-state index contributed by atoms with van der Waals surface area (Å²) in [6.45, 7) is 0. The molecule has 1 aromatic rings. The molecular formula is C14H19NO2. The van der Waals surface area contributed by atoms with Gasteiger partial charge in [0.15, 0.2) is 5.75 Å². The van der Waals surface area contributed by atoms with Crippen LogP contribution in [0.4, 0.5) is 0 Å². The van der Waals surface area contributed by atoms with Crippen LogP contribution < -0.4 is 10.3 Å². The molecule has 0 spiro atoms. The van der Waals surface area contributed by atoms with Gasteiger partial charge in [-0.15, -0.1) is 0 Å². The molecule has 1 aliphatic rings. The molecule has 1 aliphatic carbocycles. The molecule has 3 nitrogen and oxygen atoms in total. The van der Waals surface area contributed by atoms with Crippen LogP contribution in [0.5, 0.6) is 5.75 Å². The van der Waals surface area contributed by atoms with Crippen molar-refractivity contribution < 1.29 is 9.57 Å². The maximum absolute atomic E-state index is 5.60. The van der Waals surface area contributed by atoms with E-state index in [1.807, 2.05) is 30.3 Å². The molecule has 0 bridgehead atoms. The number of para-hydroxylation sites is 1. The predicted octanol–water partition coefficient (Wildman–Crippen LogP) is 3.39. The minimum atomic E-state index is 0.388. The van der Waals surface area contributed by atoms with Gasteiger partial charge in [-0.2, -0.15) is 0 Å². The van der Waals surface area contributed by atoms with Gasteiger partial charge in [0, 0.05) is 0 Å². The molecule has 0 aliphatic heterocycles. The van der Waals surface area contributed by atoms with Crippen molar-refractivity contribution >= 4 is 0 Å².